The molecule has 2 rings (SSSR count). The van der Waals surface area contributed by atoms with Crippen molar-refractivity contribution < 1.29 is 18.3 Å². The predicted octanol–water partition coefficient (Wildman–Crippen LogP) is 1.25. The molecule has 7 heteroatoms. The van der Waals surface area contributed by atoms with Gasteiger partial charge in [-0.2, -0.15) is 0 Å². The zero-order valence-electron chi connectivity index (χ0n) is 10.6. The van der Waals surface area contributed by atoms with Crippen LogP contribution in [0.3, 0.4) is 0 Å². The van der Waals surface area contributed by atoms with Crippen molar-refractivity contribution in [1.29, 1.82) is 0 Å². The lowest BCUT2D eigenvalue weighted by Gasteiger charge is -2.08. The van der Waals surface area contributed by atoms with Crippen molar-refractivity contribution in [2.45, 2.75) is 4.90 Å². The summed E-state index contributed by atoms with van der Waals surface area (Å²) in [7, 11) is -3.65. The van der Waals surface area contributed by atoms with Gasteiger partial charge in [-0.15, -0.1) is 0 Å². The Morgan fingerprint density at radius 2 is 1.95 bits per heavy atom. The molecule has 106 valence electrons. The summed E-state index contributed by atoms with van der Waals surface area (Å²) in [5, 5.41) is 8.64. The number of aliphatic hydroxyl groups excluding tert-OH is 1. The summed E-state index contributed by atoms with van der Waals surface area (Å²) in [5.41, 5.74) is 0.396. The Morgan fingerprint density at radius 3 is 2.55 bits per heavy atom. The molecule has 0 bridgehead atoms. The van der Waals surface area contributed by atoms with Crippen LogP contribution in [0.5, 0.6) is 5.75 Å². The molecule has 0 aliphatic heterocycles. The molecule has 0 fully saturated rings. The minimum atomic E-state index is -3.65. The summed E-state index contributed by atoms with van der Waals surface area (Å²) in [6.45, 7) is 0.0721. The first-order valence-corrected chi connectivity index (χ1v) is 7.37. The van der Waals surface area contributed by atoms with E-state index in [9.17, 15) is 8.42 Å². The standard InChI is InChI=1S/C13H14N2O4S/c16-8-9-19-12-3-5-13(6-4-12)20(17,18)15-11-2-1-7-14-10-11/h1-7,10,15-16H,8-9H2. The van der Waals surface area contributed by atoms with Gasteiger partial charge in [-0.1, -0.05) is 0 Å². The van der Waals surface area contributed by atoms with Gasteiger partial charge >= 0.3 is 0 Å². The molecule has 2 N–H and O–H groups in total. The highest BCUT2D eigenvalue weighted by molar-refractivity contribution is 7.92. The highest BCUT2D eigenvalue weighted by Gasteiger charge is 2.14. The summed E-state index contributed by atoms with van der Waals surface area (Å²) in [4.78, 5) is 3.96. The van der Waals surface area contributed by atoms with E-state index >= 15 is 0 Å². The first-order chi connectivity index (χ1) is 9.62. The van der Waals surface area contributed by atoms with Gasteiger partial charge in [0.1, 0.15) is 12.4 Å². The highest BCUT2D eigenvalue weighted by Crippen LogP contribution is 2.18. The molecular formula is C13H14N2O4S. The molecule has 0 aliphatic rings. The monoisotopic (exact) mass is 294 g/mol. The van der Waals surface area contributed by atoms with Crippen LogP contribution in [0.15, 0.2) is 53.7 Å². The molecule has 0 amide bonds. The van der Waals surface area contributed by atoms with Gasteiger partial charge in [0.05, 0.1) is 23.4 Å². The number of aliphatic hydroxyl groups is 1. The van der Waals surface area contributed by atoms with Crippen LogP contribution >= 0.6 is 0 Å². The largest absolute Gasteiger partial charge is 0.491 e. The number of nitrogens with one attached hydrogen (secondary N) is 1. The van der Waals surface area contributed by atoms with Gasteiger partial charge in [0, 0.05) is 6.20 Å². The van der Waals surface area contributed by atoms with Gasteiger partial charge < -0.3 is 9.84 Å². The van der Waals surface area contributed by atoms with Crippen molar-refractivity contribution in [3.05, 3.63) is 48.8 Å². The maximum Gasteiger partial charge on any atom is 0.261 e. The molecule has 0 saturated carbocycles. The molecule has 2 aromatic rings. The van der Waals surface area contributed by atoms with E-state index in [1.54, 1.807) is 18.3 Å². The fourth-order valence-electron chi connectivity index (χ4n) is 1.52. The smallest absolute Gasteiger partial charge is 0.261 e. The third-order valence-electron chi connectivity index (χ3n) is 2.41. The molecular weight excluding hydrogens is 280 g/mol. The summed E-state index contributed by atoms with van der Waals surface area (Å²) in [6, 6.07) is 9.20. The molecule has 0 atom stereocenters. The van der Waals surface area contributed by atoms with E-state index in [0.717, 1.165) is 0 Å². The molecule has 1 aromatic heterocycles. The lowest BCUT2D eigenvalue weighted by atomic mass is 10.3. The third kappa shape index (κ3) is 3.69. The van der Waals surface area contributed by atoms with Crippen molar-refractivity contribution in [1.82, 2.24) is 4.98 Å². The SMILES string of the molecule is O=S(=O)(Nc1cccnc1)c1ccc(OCCO)cc1. The fraction of sp³-hybridized carbons (Fsp3) is 0.154. The van der Waals surface area contributed by atoms with E-state index in [2.05, 4.69) is 9.71 Å². The average Bonchev–Trinajstić information content (AvgIpc) is 2.46. The van der Waals surface area contributed by atoms with E-state index < -0.39 is 10.0 Å². The number of rotatable bonds is 6. The Morgan fingerprint density at radius 1 is 1.20 bits per heavy atom. The van der Waals surface area contributed by atoms with Gasteiger partial charge in [0.15, 0.2) is 0 Å². The summed E-state index contributed by atoms with van der Waals surface area (Å²) >= 11 is 0. The normalized spacial score (nSPS) is 11.1. The lowest BCUT2D eigenvalue weighted by Crippen LogP contribution is -2.13. The molecule has 0 unspecified atom stereocenters. The molecule has 0 spiro atoms. The Labute approximate surface area is 117 Å². The molecule has 20 heavy (non-hydrogen) atoms. The van der Waals surface area contributed by atoms with Crippen LogP contribution in [0.25, 0.3) is 0 Å². The van der Waals surface area contributed by atoms with Gasteiger partial charge in [0.25, 0.3) is 10.0 Å². The summed E-state index contributed by atoms with van der Waals surface area (Å²) in [5.74, 6) is 0.499. The number of aromatic nitrogens is 1. The average molecular weight is 294 g/mol. The van der Waals surface area contributed by atoms with Crippen LogP contribution in [0, 0.1) is 0 Å². The number of nitrogens with zero attached hydrogens (tertiary/aromatic N) is 1. The third-order valence-corrected chi connectivity index (χ3v) is 3.81. The van der Waals surface area contributed by atoms with E-state index in [-0.39, 0.29) is 18.1 Å². The first-order valence-electron chi connectivity index (χ1n) is 5.88. The minimum Gasteiger partial charge on any atom is -0.491 e. The number of hydrogen-bond acceptors (Lipinski definition) is 5. The number of pyridine rings is 1. The Kier molecular flexibility index (Phi) is 4.54. The number of sulfonamides is 1. The van der Waals surface area contributed by atoms with Crippen LogP contribution in [0.4, 0.5) is 5.69 Å². The minimum absolute atomic E-state index is 0.0946. The Hall–Kier alpha value is -2.12. The Balaban J connectivity index is 2.13. The molecule has 6 nitrogen and oxygen atoms in total. The van der Waals surface area contributed by atoms with Crippen molar-refractivity contribution >= 4 is 15.7 Å². The van der Waals surface area contributed by atoms with Crippen LogP contribution in [0.1, 0.15) is 0 Å². The van der Waals surface area contributed by atoms with E-state index in [1.165, 1.54) is 30.5 Å². The second-order valence-electron chi connectivity index (χ2n) is 3.89. The van der Waals surface area contributed by atoms with E-state index in [4.69, 9.17) is 9.84 Å². The highest BCUT2D eigenvalue weighted by atomic mass is 32.2. The quantitative estimate of drug-likeness (QED) is 0.837. The number of anilines is 1. The van der Waals surface area contributed by atoms with Gasteiger partial charge in [0.2, 0.25) is 0 Å². The lowest BCUT2D eigenvalue weighted by molar-refractivity contribution is 0.201. The van der Waals surface area contributed by atoms with Crippen molar-refractivity contribution in [3.63, 3.8) is 0 Å². The summed E-state index contributed by atoms with van der Waals surface area (Å²) < 4.78 is 31.8. The molecule has 1 heterocycles. The Bertz CT molecular complexity index is 642. The van der Waals surface area contributed by atoms with Crippen molar-refractivity contribution in [2.24, 2.45) is 0 Å². The van der Waals surface area contributed by atoms with Crippen molar-refractivity contribution in [2.75, 3.05) is 17.9 Å². The van der Waals surface area contributed by atoms with Gasteiger partial charge in [-0.05, 0) is 36.4 Å². The number of ether oxygens (including phenoxy) is 1. The fourth-order valence-corrected chi connectivity index (χ4v) is 2.56. The molecule has 0 saturated heterocycles. The van der Waals surface area contributed by atoms with Gasteiger partial charge in [-0.25, -0.2) is 8.42 Å². The second kappa shape index (κ2) is 6.36. The summed E-state index contributed by atoms with van der Waals surface area (Å²) in [6.07, 6.45) is 2.99. The first kappa shape index (κ1) is 14.3. The van der Waals surface area contributed by atoms with Crippen LogP contribution in [0.2, 0.25) is 0 Å². The van der Waals surface area contributed by atoms with Gasteiger partial charge in [-0.3, -0.25) is 9.71 Å². The maximum atomic E-state index is 12.1. The van der Waals surface area contributed by atoms with Crippen LogP contribution in [-0.4, -0.2) is 31.7 Å². The maximum absolute atomic E-state index is 12.1. The van der Waals surface area contributed by atoms with Crippen molar-refractivity contribution in [3.8, 4) is 5.75 Å². The topological polar surface area (TPSA) is 88.5 Å². The second-order valence-corrected chi connectivity index (χ2v) is 5.57. The number of hydrogen-bond donors (Lipinski definition) is 2. The zero-order chi connectivity index (χ0) is 14.4. The molecule has 0 radical (unpaired) electrons. The van der Waals surface area contributed by atoms with Crippen LogP contribution < -0.4 is 9.46 Å². The van der Waals surface area contributed by atoms with Crippen LogP contribution in [-0.2, 0) is 10.0 Å². The van der Waals surface area contributed by atoms with E-state index in [0.29, 0.717) is 11.4 Å². The number of benzene rings is 1. The molecule has 0 aliphatic carbocycles. The van der Waals surface area contributed by atoms with E-state index in [1.807, 2.05) is 0 Å². The predicted molar refractivity (Wildman–Crippen MR) is 74.1 cm³/mol. The molecule has 1 aromatic carbocycles. The zero-order valence-corrected chi connectivity index (χ0v) is 11.4.